The first-order valence-electron chi connectivity index (χ1n) is 11.2. The molecular weight excluding hydrogens is 438 g/mol. The van der Waals surface area contributed by atoms with Gasteiger partial charge in [-0.3, -0.25) is 24.6 Å². The van der Waals surface area contributed by atoms with E-state index in [-0.39, 0.29) is 24.1 Å². The average Bonchev–Trinajstić information content (AvgIpc) is 3.09. The number of nitrogens with zero attached hydrogens (tertiary/aromatic N) is 4. The predicted molar refractivity (Wildman–Crippen MR) is 122 cm³/mol. The number of methoxy groups -OCH3 is 1. The number of carbonyl (C=O) groups excluding carboxylic acids is 4. The van der Waals surface area contributed by atoms with Gasteiger partial charge in [0.1, 0.15) is 5.75 Å². The smallest absolute Gasteiger partial charge is 0.343 e. The Morgan fingerprint density at radius 3 is 2.35 bits per heavy atom. The molecule has 0 aliphatic carbocycles. The van der Waals surface area contributed by atoms with Crippen molar-refractivity contribution in [2.75, 3.05) is 44.7 Å². The number of fused-ring (bicyclic) bond motifs is 1. The number of nitrogens with one attached hydrogen (secondary N) is 1. The van der Waals surface area contributed by atoms with Crippen LogP contribution in [0, 0.1) is 0 Å². The summed E-state index contributed by atoms with van der Waals surface area (Å²) < 4.78 is 5.48. The summed E-state index contributed by atoms with van der Waals surface area (Å²) in [5.74, 6) is -0.672. The molecule has 2 fully saturated rings. The van der Waals surface area contributed by atoms with Gasteiger partial charge in [-0.1, -0.05) is 18.2 Å². The largest absolute Gasteiger partial charge is 0.495 e. The third kappa shape index (κ3) is 3.86. The van der Waals surface area contributed by atoms with Crippen molar-refractivity contribution in [3.05, 3.63) is 59.2 Å². The van der Waals surface area contributed by atoms with Crippen molar-refractivity contribution < 1.29 is 23.9 Å². The van der Waals surface area contributed by atoms with Crippen molar-refractivity contribution in [3.63, 3.8) is 0 Å². The van der Waals surface area contributed by atoms with E-state index in [1.165, 1.54) is 0 Å². The monoisotopic (exact) mass is 463 g/mol. The zero-order valence-corrected chi connectivity index (χ0v) is 18.8. The van der Waals surface area contributed by atoms with Gasteiger partial charge in [-0.25, -0.2) is 9.80 Å². The van der Waals surface area contributed by atoms with Crippen LogP contribution in [0.5, 0.6) is 5.75 Å². The fourth-order valence-electron chi connectivity index (χ4n) is 4.64. The summed E-state index contributed by atoms with van der Waals surface area (Å²) in [5, 5.41) is 3.98. The maximum Gasteiger partial charge on any atom is 0.343 e. The van der Waals surface area contributed by atoms with Gasteiger partial charge < -0.3 is 9.64 Å². The number of rotatable bonds is 5. The number of imide groups is 2. The fraction of sp³-hybridized carbons (Fsp3) is 0.333. The van der Waals surface area contributed by atoms with Crippen molar-refractivity contribution in [1.82, 2.24) is 20.2 Å². The fourth-order valence-corrected chi connectivity index (χ4v) is 4.64. The first kappa shape index (κ1) is 21.9. The molecule has 0 atom stereocenters. The zero-order valence-electron chi connectivity index (χ0n) is 18.8. The van der Waals surface area contributed by atoms with Gasteiger partial charge in [0.05, 0.1) is 30.5 Å². The second-order valence-corrected chi connectivity index (χ2v) is 8.46. The molecule has 2 aromatic carbocycles. The molecule has 3 heterocycles. The Hall–Kier alpha value is -3.92. The van der Waals surface area contributed by atoms with E-state index in [0.29, 0.717) is 6.54 Å². The number of piperazine rings is 1. The molecule has 0 saturated carbocycles. The number of hydrogen-bond donors (Lipinski definition) is 1. The highest BCUT2D eigenvalue weighted by molar-refractivity contribution is 6.22. The van der Waals surface area contributed by atoms with E-state index in [4.69, 9.17) is 4.74 Å². The highest BCUT2D eigenvalue weighted by atomic mass is 16.5. The SMILES string of the molecule is COc1ccccc1N1CCN(Cc2ccc3c(c2)C(=O)N(N2CCC(=O)NC2=O)C3=O)CC1. The summed E-state index contributed by atoms with van der Waals surface area (Å²) in [7, 11) is 1.67. The minimum atomic E-state index is -0.765. The van der Waals surface area contributed by atoms with E-state index in [0.717, 1.165) is 53.2 Å². The maximum absolute atomic E-state index is 13.0. The van der Waals surface area contributed by atoms with Crippen molar-refractivity contribution in [3.8, 4) is 5.75 Å². The van der Waals surface area contributed by atoms with E-state index in [2.05, 4.69) is 21.2 Å². The normalized spacial score (nSPS) is 18.9. The van der Waals surface area contributed by atoms with Gasteiger partial charge >= 0.3 is 6.03 Å². The Kier molecular flexibility index (Phi) is 5.66. The lowest BCUT2D eigenvalue weighted by atomic mass is 10.1. The number of para-hydroxylation sites is 2. The molecule has 10 nitrogen and oxygen atoms in total. The molecule has 34 heavy (non-hydrogen) atoms. The molecule has 1 N–H and O–H groups in total. The van der Waals surface area contributed by atoms with Crippen molar-refractivity contribution >= 4 is 29.4 Å². The quantitative estimate of drug-likeness (QED) is 0.670. The van der Waals surface area contributed by atoms with Gasteiger partial charge in [0.25, 0.3) is 11.8 Å². The van der Waals surface area contributed by atoms with Crippen LogP contribution in [-0.4, -0.2) is 78.5 Å². The van der Waals surface area contributed by atoms with E-state index in [1.807, 2.05) is 24.3 Å². The van der Waals surface area contributed by atoms with Gasteiger partial charge in [-0.05, 0) is 29.8 Å². The third-order valence-electron chi connectivity index (χ3n) is 6.41. The van der Waals surface area contributed by atoms with Gasteiger partial charge in [0, 0.05) is 39.1 Å². The molecule has 5 rings (SSSR count). The van der Waals surface area contributed by atoms with Gasteiger partial charge in [-0.15, -0.1) is 0 Å². The molecule has 0 spiro atoms. The Morgan fingerprint density at radius 2 is 1.62 bits per heavy atom. The van der Waals surface area contributed by atoms with Crippen LogP contribution in [-0.2, 0) is 11.3 Å². The van der Waals surface area contributed by atoms with Gasteiger partial charge in [0.15, 0.2) is 0 Å². The van der Waals surface area contributed by atoms with Crippen LogP contribution in [0.3, 0.4) is 0 Å². The molecule has 2 saturated heterocycles. The molecule has 3 aliphatic heterocycles. The number of carbonyl (C=O) groups is 4. The summed E-state index contributed by atoms with van der Waals surface area (Å²) in [5.41, 5.74) is 2.54. The number of hydrogen-bond acceptors (Lipinski definition) is 7. The highest BCUT2D eigenvalue weighted by Gasteiger charge is 2.43. The molecule has 10 heteroatoms. The van der Waals surface area contributed by atoms with E-state index >= 15 is 0 Å². The summed E-state index contributed by atoms with van der Waals surface area (Å²) >= 11 is 0. The summed E-state index contributed by atoms with van der Waals surface area (Å²) in [6.07, 6.45) is 0.0330. The Labute approximate surface area is 196 Å². The number of ether oxygens (including phenoxy) is 1. The second kappa shape index (κ2) is 8.79. The van der Waals surface area contributed by atoms with E-state index in [1.54, 1.807) is 19.2 Å². The lowest BCUT2D eigenvalue weighted by Crippen LogP contribution is -2.58. The number of hydrazine groups is 1. The first-order chi connectivity index (χ1) is 16.5. The third-order valence-corrected chi connectivity index (χ3v) is 6.41. The first-order valence-corrected chi connectivity index (χ1v) is 11.2. The minimum Gasteiger partial charge on any atom is -0.495 e. The Bertz CT molecular complexity index is 1170. The number of anilines is 1. The van der Waals surface area contributed by atoms with Crippen LogP contribution in [0.15, 0.2) is 42.5 Å². The number of urea groups is 1. The molecular formula is C24H25N5O5. The zero-order chi connectivity index (χ0) is 23.8. The summed E-state index contributed by atoms with van der Waals surface area (Å²) in [4.78, 5) is 54.0. The molecule has 2 aromatic rings. The van der Waals surface area contributed by atoms with Crippen LogP contribution in [0.25, 0.3) is 0 Å². The topological polar surface area (TPSA) is 102 Å². The van der Waals surface area contributed by atoms with Gasteiger partial charge in [-0.2, -0.15) is 5.01 Å². The number of benzene rings is 2. The minimum absolute atomic E-state index is 0.0144. The van der Waals surface area contributed by atoms with Gasteiger partial charge in [0.2, 0.25) is 5.91 Å². The summed E-state index contributed by atoms with van der Waals surface area (Å²) in [6, 6.07) is 12.4. The lowest BCUT2D eigenvalue weighted by molar-refractivity contribution is -0.122. The van der Waals surface area contributed by atoms with Crippen LogP contribution in [0.2, 0.25) is 0 Å². The van der Waals surface area contributed by atoms with Crippen LogP contribution >= 0.6 is 0 Å². The lowest BCUT2D eigenvalue weighted by Gasteiger charge is -2.36. The summed E-state index contributed by atoms with van der Waals surface area (Å²) in [6.45, 7) is 4.01. The molecule has 0 aromatic heterocycles. The Balaban J connectivity index is 1.26. The van der Waals surface area contributed by atoms with Crippen molar-refractivity contribution in [2.24, 2.45) is 0 Å². The molecule has 0 bridgehead atoms. The molecule has 5 amide bonds. The van der Waals surface area contributed by atoms with E-state index in [9.17, 15) is 19.2 Å². The average molecular weight is 463 g/mol. The van der Waals surface area contributed by atoms with Crippen LogP contribution < -0.4 is 15.0 Å². The molecule has 0 unspecified atom stereocenters. The van der Waals surface area contributed by atoms with Crippen LogP contribution in [0.1, 0.15) is 32.7 Å². The van der Waals surface area contributed by atoms with E-state index < -0.39 is 23.8 Å². The predicted octanol–water partition coefficient (Wildman–Crippen LogP) is 1.47. The highest BCUT2D eigenvalue weighted by Crippen LogP contribution is 2.29. The molecule has 0 radical (unpaired) electrons. The molecule has 3 aliphatic rings. The van der Waals surface area contributed by atoms with Crippen molar-refractivity contribution in [2.45, 2.75) is 13.0 Å². The van der Waals surface area contributed by atoms with Crippen LogP contribution in [0.4, 0.5) is 10.5 Å². The number of amides is 5. The second-order valence-electron chi connectivity index (χ2n) is 8.46. The standard InChI is InChI=1S/C24H25N5O5/c1-34-20-5-3-2-4-19(20)27-12-10-26(11-13-27)15-16-6-7-17-18(14-16)23(32)29(22(17)31)28-9-8-21(30)25-24(28)33/h2-7,14H,8-13,15H2,1H3,(H,25,30,33). The maximum atomic E-state index is 13.0. The molecule has 176 valence electrons. The Morgan fingerprint density at radius 1 is 0.882 bits per heavy atom. The van der Waals surface area contributed by atoms with Crippen molar-refractivity contribution in [1.29, 1.82) is 0 Å².